The minimum atomic E-state index is -0.899. The summed E-state index contributed by atoms with van der Waals surface area (Å²) in [4.78, 5) is 12.2. The minimum Gasteiger partial charge on any atom is -0.478 e. The second-order valence-corrected chi connectivity index (χ2v) is 4.73. The van der Waals surface area contributed by atoms with Crippen LogP contribution < -0.4 is 0 Å². The summed E-state index contributed by atoms with van der Waals surface area (Å²) in [6.07, 6.45) is 1.71. The number of hydrogen-bond donors (Lipinski definition) is 1. The van der Waals surface area contributed by atoms with Crippen LogP contribution in [0.5, 0.6) is 0 Å². The van der Waals surface area contributed by atoms with E-state index >= 15 is 0 Å². The zero-order valence-corrected chi connectivity index (χ0v) is 10.2. The van der Waals surface area contributed by atoms with Crippen LogP contribution in [0.4, 0.5) is 0 Å². The van der Waals surface area contributed by atoms with Crippen molar-refractivity contribution in [3.8, 4) is 0 Å². The molecule has 2 rings (SSSR count). The molecule has 0 saturated heterocycles. The molecule has 0 amide bonds. The van der Waals surface area contributed by atoms with Crippen LogP contribution in [0, 0.1) is 6.92 Å². The van der Waals surface area contributed by atoms with Crippen molar-refractivity contribution in [3.05, 3.63) is 57.8 Å². The van der Waals surface area contributed by atoms with E-state index in [4.69, 9.17) is 0 Å². The molecule has 0 atom stereocenters. The Balaban J connectivity index is 2.46. The predicted molar refractivity (Wildman–Crippen MR) is 71.0 cm³/mol. The molecule has 0 bridgehead atoms. The monoisotopic (exact) mass is 244 g/mol. The lowest BCUT2D eigenvalue weighted by Crippen LogP contribution is -1.99. The van der Waals surface area contributed by atoms with Crippen molar-refractivity contribution in [1.82, 2.24) is 0 Å². The van der Waals surface area contributed by atoms with Gasteiger partial charge in [0.05, 0.1) is 5.57 Å². The first kappa shape index (κ1) is 11.6. The van der Waals surface area contributed by atoms with Crippen molar-refractivity contribution in [3.63, 3.8) is 0 Å². The van der Waals surface area contributed by atoms with Gasteiger partial charge in [0.1, 0.15) is 0 Å². The van der Waals surface area contributed by atoms with Crippen molar-refractivity contribution >= 4 is 29.0 Å². The van der Waals surface area contributed by atoms with Gasteiger partial charge in [0.2, 0.25) is 0 Å². The number of aryl methyl sites for hydroxylation is 1. The Bertz CT molecular complexity index is 553. The maximum atomic E-state index is 11.3. The van der Waals surface area contributed by atoms with Gasteiger partial charge in [-0.2, -0.15) is 0 Å². The third-order valence-electron chi connectivity index (χ3n) is 2.39. The summed E-state index contributed by atoms with van der Waals surface area (Å²) >= 11 is 1.53. The summed E-state index contributed by atoms with van der Waals surface area (Å²) in [5.41, 5.74) is 2.13. The zero-order valence-electron chi connectivity index (χ0n) is 9.38. The summed E-state index contributed by atoms with van der Waals surface area (Å²) in [5.74, 6) is -0.899. The van der Waals surface area contributed by atoms with E-state index in [9.17, 15) is 9.90 Å². The van der Waals surface area contributed by atoms with Crippen LogP contribution >= 0.6 is 11.3 Å². The molecule has 2 nitrogen and oxygen atoms in total. The molecule has 0 saturated carbocycles. The molecule has 0 unspecified atom stereocenters. The van der Waals surface area contributed by atoms with Crippen LogP contribution in [-0.2, 0) is 4.79 Å². The summed E-state index contributed by atoms with van der Waals surface area (Å²) in [5, 5.41) is 11.2. The van der Waals surface area contributed by atoms with Gasteiger partial charge in [0.15, 0.2) is 0 Å². The van der Waals surface area contributed by atoms with Crippen LogP contribution in [0.3, 0.4) is 0 Å². The van der Waals surface area contributed by atoms with E-state index in [-0.39, 0.29) is 0 Å². The molecule has 1 aromatic carbocycles. The van der Waals surface area contributed by atoms with Crippen LogP contribution in [0.25, 0.3) is 11.6 Å². The fraction of sp³-hybridized carbons (Fsp3) is 0.0714. The van der Waals surface area contributed by atoms with E-state index in [1.54, 1.807) is 6.08 Å². The Kier molecular flexibility index (Phi) is 3.40. The molecule has 0 aliphatic heterocycles. The first-order chi connectivity index (χ1) is 8.16. The molecule has 3 heteroatoms. The van der Waals surface area contributed by atoms with Crippen molar-refractivity contribution in [1.29, 1.82) is 0 Å². The van der Waals surface area contributed by atoms with Crippen molar-refractivity contribution < 1.29 is 9.90 Å². The van der Waals surface area contributed by atoms with Crippen LogP contribution in [0.1, 0.15) is 16.0 Å². The Morgan fingerprint density at radius 2 is 2.12 bits per heavy atom. The second-order valence-electron chi connectivity index (χ2n) is 3.75. The van der Waals surface area contributed by atoms with Crippen molar-refractivity contribution in [2.75, 3.05) is 0 Å². The summed E-state index contributed by atoms with van der Waals surface area (Å²) in [7, 11) is 0. The third kappa shape index (κ3) is 2.82. The number of carbonyl (C=O) groups is 1. The van der Waals surface area contributed by atoms with E-state index in [0.717, 1.165) is 16.0 Å². The molecule has 1 heterocycles. The Morgan fingerprint density at radius 1 is 1.29 bits per heavy atom. The van der Waals surface area contributed by atoms with Crippen LogP contribution in [-0.4, -0.2) is 11.1 Å². The highest BCUT2D eigenvalue weighted by Gasteiger charge is 2.10. The SMILES string of the molecule is Cc1cccc(/C(=C\c2cccs2)C(=O)O)c1. The number of rotatable bonds is 3. The zero-order chi connectivity index (χ0) is 12.3. The lowest BCUT2D eigenvalue weighted by atomic mass is 10.0. The van der Waals surface area contributed by atoms with Gasteiger partial charge in [-0.15, -0.1) is 11.3 Å². The molecular formula is C14H12O2S. The van der Waals surface area contributed by atoms with Crippen LogP contribution in [0.2, 0.25) is 0 Å². The number of carboxylic acids is 1. The van der Waals surface area contributed by atoms with E-state index < -0.39 is 5.97 Å². The normalized spacial score (nSPS) is 11.5. The number of carboxylic acid groups (broad SMARTS) is 1. The highest BCUT2D eigenvalue weighted by atomic mass is 32.1. The van der Waals surface area contributed by atoms with Gasteiger partial charge in [-0.1, -0.05) is 35.9 Å². The van der Waals surface area contributed by atoms with Gasteiger partial charge in [-0.3, -0.25) is 0 Å². The molecule has 0 radical (unpaired) electrons. The molecule has 0 aliphatic carbocycles. The maximum Gasteiger partial charge on any atom is 0.336 e. The highest BCUT2D eigenvalue weighted by molar-refractivity contribution is 7.10. The molecule has 0 spiro atoms. The lowest BCUT2D eigenvalue weighted by molar-refractivity contribution is -0.130. The van der Waals surface area contributed by atoms with Gasteiger partial charge in [-0.05, 0) is 30.0 Å². The number of thiophene rings is 1. The molecule has 1 N–H and O–H groups in total. The predicted octanol–water partition coefficient (Wildman–Crippen LogP) is 3.68. The van der Waals surface area contributed by atoms with Gasteiger partial charge < -0.3 is 5.11 Å². The summed E-state index contributed by atoms with van der Waals surface area (Å²) in [6.45, 7) is 1.95. The fourth-order valence-electron chi connectivity index (χ4n) is 1.60. The smallest absolute Gasteiger partial charge is 0.336 e. The molecular weight excluding hydrogens is 232 g/mol. The van der Waals surface area contributed by atoms with Gasteiger partial charge in [0.25, 0.3) is 0 Å². The number of benzene rings is 1. The minimum absolute atomic E-state index is 0.330. The van der Waals surface area contributed by atoms with Crippen LogP contribution in [0.15, 0.2) is 41.8 Å². The van der Waals surface area contributed by atoms with E-state index in [1.807, 2.05) is 48.7 Å². The average molecular weight is 244 g/mol. The highest BCUT2D eigenvalue weighted by Crippen LogP contribution is 2.21. The number of hydrogen-bond acceptors (Lipinski definition) is 2. The number of aliphatic carboxylic acids is 1. The Labute approximate surface area is 104 Å². The topological polar surface area (TPSA) is 37.3 Å². The maximum absolute atomic E-state index is 11.3. The first-order valence-corrected chi connectivity index (χ1v) is 6.10. The van der Waals surface area contributed by atoms with Gasteiger partial charge >= 0.3 is 5.97 Å². The molecule has 1 aromatic heterocycles. The van der Waals surface area contributed by atoms with E-state index in [2.05, 4.69) is 0 Å². The molecule has 0 fully saturated rings. The third-order valence-corrected chi connectivity index (χ3v) is 3.21. The molecule has 0 aliphatic rings. The summed E-state index contributed by atoms with van der Waals surface area (Å²) < 4.78 is 0. The largest absolute Gasteiger partial charge is 0.478 e. The molecule has 2 aromatic rings. The molecule has 86 valence electrons. The van der Waals surface area contributed by atoms with E-state index in [1.165, 1.54) is 11.3 Å². The first-order valence-electron chi connectivity index (χ1n) is 5.22. The second kappa shape index (κ2) is 4.97. The quantitative estimate of drug-likeness (QED) is 0.836. The standard InChI is InChI=1S/C14H12O2S/c1-10-4-2-5-11(8-10)13(14(15)16)9-12-6-3-7-17-12/h2-9H,1H3,(H,15,16)/b13-9+. The Morgan fingerprint density at radius 3 is 2.71 bits per heavy atom. The lowest BCUT2D eigenvalue weighted by Gasteiger charge is -2.03. The average Bonchev–Trinajstić information content (AvgIpc) is 2.78. The summed E-state index contributed by atoms with van der Waals surface area (Å²) in [6, 6.07) is 11.3. The van der Waals surface area contributed by atoms with E-state index in [0.29, 0.717) is 5.57 Å². The van der Waals surface area contributed by atoms with Crippen molar-refractivity contribution in [2.45, 2.75) is 6.92 Å². The molecule has 17 heavy (non-hydrogen) atoms. The van der Waals surface area contributed by atoms with Gasteiger partial charge in [0, 0.05) is 4.88 Å². The van der Waals surface area contributed by atoms with Gasteiger partial charge in [-0.25, -0.2) is 4.79 Å². The Hall–Kier alpha value is -1.87. The fourth-order valence-corrected chi connectivity index (χ4v) is 2.25. The van der Waals surface area contributed by atoms with Crippen molar-refractivity contribution in [2.24, 2.45) is 0 Å².